The van der Waals surface area contributed by atoms with Crippen LogP contribution in [0.1, 0.15) is 26.5 Å². The summed E-state index contributed by atoms with van der Waals surface area (Å²) in [7, 11) is -1.42. The van der Waals surface area contributed by atoms with Crippen molar-refractivity contribution in [2.75, 3.05) is 31.7 Å². The molecule has 0 amide bonds. The number of rotatable bonds is 9. The highest BCUT2D eigenvalue weighted by molar-refractivity contribution is 7.34. The van der Waals surface area contributed by atoms with Crippen molar-refractivity contribution in [2.45, 2.75) is 50.4 Å². The number of fused-ring (bicyclic) bond motifs is 1. The number of hydrogen-bond donors (Lipinski definition) is 1. The maximum atomic E-state index is 15.9. The first kappa shape index (κ1) is 27.1. The van der Waals surface area contributed by atoms with Gasteiger partial charge in [-0.05, 0) is 32.4 Å². The molecule has 0 aliphatic carbocycles. The van der Waals surface area contributed by atoms with Gasteiger partial charge in [0.2, 0.25) is 5.75 Å². The molecule has 2 aliphatic heterocycles. The number of carbonyl (C=O) groups is 1. The number of hydrogen-bond acceptors (Lipinski definition) is 12. The van der Waals surface area contributed by atoms with Crippen LogP contribution < -0.4 is 19.1 Å². The Morgan fingerprint density at radius 1 is 1.33 bits per heavy atom. The molecule has 2 unspecified atom stereocenters. The number of halogens is 1. The van der Waals surface area contributed by atoms with Crippen LogP contribution in [-0.2, 0) is 14.3 Å². The summed E-state index contributed by atoms with van der Waals surface area (Å²) in [5.41, 5.74) is -1.29. The van der Waals surface area contributed by atoms with Gasteiger partial charge in [-0.1, -0.05) is 16.9 Å². The molecule has 1 N–H and O–H groups in total. The Balaban J connectivity index is 1.31. The quantitative estimate of drug-likeness (QED) is 0.300. The van der Waals surface area contributed by atoms with Crippen LogP contribution in [0.3, 0.4) is 0 Å². The third-order valence-corrected chi connectivity index (χ3v) is 7.59. The van der Waals surface area contributed by atoms with Gasteiger partial charge in [0.05, 0.1) is 13.4 Å². The smallest absolute Gasteiger partial charge is 0.395 e. The maximum Gasteiger partial charge on any atom is 0.395 e. The molecule has 2 fully saturated rings. The standard InChI is InChI=1S/C24H28FN6O7P/c1-14(22(33)35-3)29-39(34)38-16-8-5-4-7-15(16)36-11-17-19(32)24(2,25)23(37-17)31-13-28-18-20(30-9-6-10-30)26-12-27-21(18)31/h4-5,7-8,12-14,17,19,23,32H,6,9-11H2,1-3H3/t14-,17+,19+,23?,24+/m0/s1. The van der Waals surface area contributed by atoms with Crippen molar-refractivity contribution in [2.24, 2.45) is 4.74 Å². The summed E-state index contributed by atoms with van der Waals surface area (Å²) in [6, 6.07) is 5.35. The summed E-state index contributed by atoms with van der Waals surface area (Å²) in [5.74, 6) is 0.270. The number of benzene rings is 1. The number of imidazole rings is 1. The number of nitrogens with zero attached hydrogens (tertiary/aromatic N) is 6. The van der Waals surface area contributed by atoms with Gasteiger partial charge in [-0.3, -0.25) is 9.09 Å². The fourth-order valence-corrected chi connectivity index (χ4v) is 5.15. The Morgan fingerprint density at radius 3 is 2.77 bits per heavy atom. The molecule has 5 rings (SSSR count). The molecule has 1 aromatic carbocycles. The zero-order chi connectivity index (χ0) is 27.7. The number of alkyl halides is 1. The number of anilines is 1. The van der Waals surface area contributed by atoms with Crippen LogP contribution in [-0.4, -0.2) is 81.3 Å². The molecule has 0 bridgehead atoms. The highest BCUT2D eigenvalue weighted by atomic mass is 31.1. The van der Waals surface area contributed by atoms with E-state index in [1.807, 2.05) is 0 Å². The fraction of sp³-hybridized carbons (Fsp3) is 0.500. The van der Waals surface area contributed by atoms with Gasteiger partial charge < -0.3 is 29.1 Å². The zero-order valence-electron chi connectivity index (χ0n) is 21.5. The lowest BCUT2D eigenvalue weighted by Gasteiger charge is -2.31. The normalized spacial score (nSPS) is 25.8. The number of aliphatic hydroxyl groups excluding tert-OH is 1. The van der Waals surface area contributed by atoms with Crippen LogP contribution in [0.4, 0.5) is 10.2 Å². The van der Waals surface area contributed by atoms with Crippen LogP contribution in [0.2, 0.25) is 0 Å². The van der Waals surface area contributed by atoms with Crippen LogP contribution in [0.25, 0.3) is 11.2 Å². The number of para-hydroxylation sites is 2. The number of carbonyl (C=O) groups excluding carboxylic acids is 1. The SMILES string of the molecule is COC(=O)[C@H](C)N=[P+]([O-])Oc1ccccc1OC[C@H]1OC(n2cnc3c(N4CCC4)ncnc32)[C@](C)(F)[C@@H]1O. The van der Waals surface area contributed by atoms with E-state index in [2.05, 4.69) is 29.3 Å². The molecule has 4 heterocycles. The van der Waals surface area contributed by atoms with E-state index in [0.717, 1.165) is 19.5 Å². The first-order chi connectivity index (χ1) is 18.7. The van der Waals surface area contributed by atoms with Gasteiger partial charge >= 0.3 is 14.1 Å². The number of aliphatic hydroxyl groups is 1. The van der Waals surface area contributed by atoms with Crippen molar-refractivity contribution >= 4 is 31.1 Å². The maximum absolute atomic E-state index is 15.9. The molecule has 0 saturated carbocycles. The second-order valence-electron chi connectivity index (χ2n) is 9.39. The largest absolute Gasteiger partial charge is 0.575 e. The predicted octanol–water partition coefficient (Wildman–Crippen LogP) is 1.90. The van der Waals surface area contributed by atoms with Crippen molar-refractivity contribution in [1.82, 2.24) is 19.5 Å². The third kappa shape index (κ3) is 5.24. The van der Waals surface area contributed by atoms with Crippen LogP contribution >= 0.6 is 8.17 Å². The lowest BCUT2D eigenvalue weighted by Crippen LogP contribution is -2.41. The van der Waals surface area contributed by atoms with Gasteiger partial charge in [0, 0.05) is 13.1 Å². The number of methoxy groups -OCH3 is 1. The molecule has 3 aromatic rings. The lowest BCUT2D eigenvalue weighted by atomic mass is 9.98. The molecule has 13 nitrogen and oxygen atoms in total. The van der Waals surface area contributed by atoms with Crippen LogP contribution in [0.5, 0.6) is 11.5 Å². The molecule has 2 aliphatic rings. The van der Waals surface area contributed by atoms with E-state index in [1.165, 1.54) is 44.2 Å². The summed E-state index contributed by atoms with van der Waals surface area (Å²) in [5, 5.41) is 10.8. The molecule has 2 saturated heterocycles. The second-order valence-corrected chi connectivity index (χ2v) is 10.3. The van der Waals surface area contributed by atoms with Gasteiger partial charge in [-0.25, -0.2) is 24.1 Å². The van der Waals surface area contributed by atoms with Crippen LogP contribution in [0.15, 0.2) is 41.7 Å². The zero-order valence-corrected chi connectivity index (χ0v) is 22.4. The van der Waals surface area contributed by atoms with E-state index in [-0.39, 0.29) is 18.1 Å². The van der Waals surface area contributed by atoms with Crippen molar-refractivity contribution in [1.29, 1.82) is 0 Å². The second kappa shape index (κ2) is 11.0. The predicted molar refractivity (Wildman–Crippen MR) is 135 cm³/mol. The molecule has 2 aromatic heterocycles. The van der Waals surface area contributed by atoms with Crippen molar-refractivity contribution in [3.05, 3.63) is 36.9 Å². The summed E-state index contributed by atoms with van der Waals surface area (Å²) in [6.07, 6.45) is 0.0439. The highest BCUT2D eigenvalue weighted by Crippen LogP contribution is 2.43. The van der Waals surface area contributed by atoms with Gasteiger partial charge in [0.15, 0.2) is 40.7 Å². The summed E-state index contributed by atoms with van der Waals surface area (Å²) in [6.45, 7) is 4.14. The fourth-order valence-electron chi connectivity index (χ4n) is 4.40. The molecule has 208 valence electrons. The van der Waals surface area contributed by atoms with Crippen LogP contribution in [0, 0.1) is 0 Å². The van der Waals surface area contributed by atoms with Crippen molar-refractivity contribution in [3.63, 3.8) is 0 Å². The molecule has 6 atom stereocenters. The molecular weight excluding hydrogens is 534 g/mol. The topological polar surface area (TPSA) is 156 Å². The molecule has 39 heavy (non-hydrogen) atoms. The van der Waals surface area contributed by atoms with E-state index in [0.29, 0.717) is 17.0 Å². The Labute approximate surface area is 224 Å². The number of ether oxygens (including phenoxy) is 3. The average Bonchev–Trinajstić information content (AvgIpc) is 3.40. The Kier molecular flexibility index (Phi) is 7.63. The first-order valence-corrected chi connectivity index (χ1v) is 13.4. The minimum Gasteiger partial charge on any atom is -0.575 e. The highest BCUT2D eigenvalue weighted by Gasteiger charge is 2.55. The molecule has 0 spiro atoms. The minimum atomic E-state index is -2.62. The number of esters is 1. The van der Waals surface area contributed by atoms with E-state index in [1.54, 1.807) is 18.2 Å². The number of aromatic nitrogens is 4. The van der Waals surface area contributed by atoms with Crippen molar-refractivity contribution < 1.29 is 37.9 Å². The van der Waals surface area contributed by atoms with Gasteiger partial charge in [0.25, 0.3) is 0 Å². The minimum absolute atomic E-state index is 0.0855. The summed E-state index contributed by atoms with van der Waals surface area (Å²) in [4.78, 5) is 39.0. The Morgan fingerprint density at radius 2 is 2.08 bits per heavy atom. The van der Waals surface area contributed by atoms with Crippen molar-refractivity contribution in [3.8, 4) is 11.5 Å². The third-order valence-electron chi connectivity index (χ3n) is 6.70. The average molecular weight is 562 g/mol. The van der Waals surface area contributed by atoms with E-state index in [4.69, 9.17) is 14.0 Å². The summed E-state index contributed by atoms with van der Waals surface area (Å²) >= 11 is 0. The molecule has 15 heteroatoms. The monoisotopic (exact) mass is 562 g/mol. The molecular formula is C24H28FN6O7P. The first-order valence-electron chi connectivity index (χ1n) is 12.3. The molecule has 0 radical (unpaired) electrons. The summed E-state index contributed by atoms with van der Waals surface area (Å²) < 4.78 is 42.8. The van der Waals surface area contributed by atoms with Gasteiger partial charge in [-0.2, -0.15) is 0 Å². The van der Waals surface area contributed by atoms with Gasteiger partial charge in [-0.15, -0.1) is 0 Å². The van der Waals surface area contributed by atoms with E-state index < -0.39 is 44.3 Å². The van der Waals surface area contributed by atoms with E-state index >= 15 is 4.39 Å². The Bertz CT molecular complexity index is 1380. The Hall–Kier alpha value is -3.45. The van der Waals surface area contributed by atoms with Gasteiger partial charge in [0.1, 0.15) is 25.1 Å². The lowest BCUT2D eigenvalue weighted by molar-refractivity contribution is -0.169. The van der Waals surface area contributed by atoms with E-state index in [9.17, 15) is 14.8 Å².